The number of amides is 1. The molecule has 0 aliphatic carbocycles. The third-order valence-corrected chi connectivity index (χ3v) is 8.00. The van der Waals surface area contributed by atoms with Crippen LogP contribution in [0.5, 0.6) is 0 Å². The summed E-state index contributed by atoms with van der Waals surface area (Å²) >= 11 is 1.60. The van der Waals surface area contributed by atoms with Gasteiger partial charge in [-0.1, -0.05) is 48.0 Å². The summed E-state index contributed by atoms with van der Waals surface area (Å²) in [5, 5.41) is 2.96. The number of piperazine rings is 1. The number of nitrogens with zero attached hydrogens (tertiary/aromatic N) is 2. The summed E-state index contributed by atoms with van der Waals surface area (Å²) in [6.45, 7) is 5.53. The molecule has 0 saturated carbocycles. The molecule has 1 N–H and O–H groups in total. The molecular weight excluding hydrogens is 418 g/mol. The minimum absolute atomic E-state index is 0.0384. The maximum atomic E-state index is 12.8. The number of thioether (sulfide) groups is 1. The van der Waals surface area contributed by atoms with Gasteiger partial charge in [0.1, 0.15) is 0 Å². The van der Waals surface area contributed by atoms with Crippen molar-refractivity contribution in [2.45, 2.75) is 17.6 Å². The van der Waals surface area contributed by atoms with Gasteiger partial charge in [-0.25, -0.2) is 8.42 Å². The molecule has 0 radical (unpaired) electrons. The fourth-order valence-electron chi connectivity index (χ4n) is 3.29. The zero-order valence-electron chi connectivity index (χ0n) is 17.3. The molecule has 162 valence electrons. The molecule has 1 aliphatic heterocycles. The van der Waals surface area contributed by atoms with Crippen LogP contribution in [-0.4, -0.2) is 68.6 Å². The van der Waals surface area contributed by atoms with Crippen LogP contribution in [0.3, 0.4) is 0 Å². The molecular formula is C22H29N3O3S2. The summed E-state index contributed by atoms with van der Waals surface area (Å²) in [5.41, 5.74) is 2.26. The van der Waals surface area contributed by atoms with Crippen LogP contribution in [0.1, 0.15) is 11.1 Å². The Morgan fingerprint density at radius 2 is 1.67 bits per heavy atom. The maximum Gasteiger partial charge on any atom is 0.243 e. The van der Waals surface area contributed by atoms with E-state index in [2.05, 4.69) is 22.3 Å². The van der Waals surface area contributed by atoms with Crippen molar-refractivity contribution in [2.75, 3.05) is 45.0 Å². The predicted molar refractivity (Wildman–Crippen MR) is 122 cm³/mol. The molecule has 0 unspecified atom stereocenters. The number of carbonyl (C=O) groups is 1. The molecule has 8 heteroatoms. The Balaban J connectivity index is 1.34. The van der Waals surface area contributed by atoms with Gasteiger partial charge in [-0.2, -0.15) is 4.31 Å². The van der Waals surface area contributed by atoms with E-state index in [1.807, 2.05) is 37.3 Å². The lowest BCUT2D eigenvalue weighted by Gasteiger charge is -2.34. The van der Waals surface area contributed by atoms with Gasteiger partial charge < -0.3 is 5.32 Å². The summed E-state index contributed by atoms with van der Waals surface area (Å²) in [4.78, 5) is 14.5. The SMILES string of the molecule is Cc1ccc(S(=O)(=O)N2CCN(CCNC(=O)CSCc3ccccc3)CC2)cc1. The summed E-state index contributed by atoms with van der Waals surface area (Å²) in [7, 11) is -3.44. The van der Waals surface area contributed by atoms with Gasteiger partial charge >= 0.3 is 0 Å². The molecule has 2 aromatic carbocycles. The maximum absolute atomic E-state index is 12.8. The first-order valence-electron chi connectivity index (χ1n) is 10.1. The number of benzene rings is 2. The molecule has 1 amide bonds. The van der Waals surface area contributed by atoms with Gasteiger partial charge in [-0.05, 0) is 24.6 Å². The van der Waals surface area contributed by atoms with Gasteiger partial charge in [0.25, 0.3) is 0 Å². The van der Waals surface area contributed by atoms with Crippen LogP contribution in [-0.2, 0) is 20.6 Å². The second kappa shape index (κ2) is 10.9. The Hall–Kier alpha value is -1.87. The average molecular weight is 448 g/mol. The van der Waals surface area contributed by atoms with Gasteiger partial charge in [0, 0.05) is 45.0 Å². The van der Waals surface area contributed by atoms with Crippen molar-refractivity contribution in [3.05, 3.63) is 65.7 Å². The number of carbonyl (C=O) groups excluding carboxylic acids is 1. The molecule has 3 rings (SSSR count). The largest absolute Gasteiger partial charge is 0.354 e. The van der Waals surface area contributed by atoms with Crippen molar-refractivity contribution >= 4 is 27.7 Å². The molecule has 1 saturated heterocycles. The summed E-state index contributed by atoms with van der Waals surface area (Å²) in [5.74, 6) is 1.31. The topological polar surface area (TPSA) is 69.7 Å². The number of sulfonamides is 1. The summed E-state index contributed by atoms with van der Waals surface area (Å²) in [6.07, 6.45) is 0. The van der Waals surface area contributed by atoms with Crippen molar-refractivity contribution in [1.29, 1.82) is 0 Å². The second-order valence-electron chi connectivity index (χ2n) is 7.39. The van der Waals surface area contributed by atoms with E-state index in [1.54, 1.807) is 28.2 Å². The molecule has 6 nitrogen and oxygen atoms in total. The van der Waals surface area contributed by atoms with Crippen molar-refractivity contribution in [1.82, 2.24) is 14.5 Å². The monoisotopic (exact) mass is 447 g/mol. The second-order valence-corrected chi connectivity index (χ2v) is 10.3. The van der Waals surface area contributed by atoms with Gasteiger partial charge in [0.05, 0.1) is 10.6 Å². The van der Waals surface area contributed by atoms with E-state index in [-0.39, 0.29) is 5.91 Å². The highest BCUT2D eigenvalue weighted by Gasteiger charge is 2.28. The minimum Gasteiger partial charge on any atom is -0.354 e. The Morgan fingerprint density at radius 1 is 1.00 bits per heavy atom. The Labute approximate surface area is 183 Å². The molecule has 2 aromatic rings. The number of rotatable bonds is 9. The molecule has 30 heavy (non-hydrogen) atoms. The molecule has 0 bridgehead atoms. The van der Waals surface area contributed by atoms with Gasteiger partial charge in [0.2, 0.25) is 15.9 Å². The number of hydrogen-bond acceptors (Lipinski definition) is 5. The highest BCUT2D eigenvalue weighted by atomic mass is 32.2. The molecule has 1 fully saturated rings. The molecule has 1 heterocycles. The summed E-state index contributed by atoms with van der Waals surface area (Å²) < 4.78 is 27.1. The lowest BCUT2D eigenvalue weighted by Crippen LogP contribution is -2.50. The van der Waals surface area contributed by atoms with E-state index in [4.69, 9.17) is 0 Å². The van der Waals surface area contributed by atoms with E-state index in [9.17, 15) is 13.2 Å². The zero-order valence-corrected chi connectivity index (χ0v) is 18.9. The van der Waals surface area contributed by atoms with Crippen LogP contribution < -0.4 is 5.32 Å². The first-order valence-corrected chi connectivity index (χ1v) is 12.7. The van der Waals surface area contributed by atoms with Crippen LogP contribution in [0, 0.1) is 6.92 Å². The predicted octanol–water partition coefficient (Wildman–Crippen LogP) is 2.35. The standard InChI is InChI=1S/C22H29N3O3S2/c1-19-7-9-21(10-8-19)30(27,28)25-15-13-24(14-16-25)12-11-23-22(26)18-29-17-20-5-3-2-4-6-20/h2-10H,11-18H2,1H3,(H,23,26). The van der Waals surface area contributed by atoms with Gasteiger partial charge in [0.15, 0.2) is 0 Å². The van der Waals surface area contributed by atoms with E-state index < -0.39 is 10.0 Å². The Bertz CT molecular complexity index is 910. The van der Waals surface area contributed by atoms with Crippen LogP contribution >= 0.6 is 11.8 Å². The fourth-order valence-corrected chi connectivity index (χ4v) is 5.53. The van der Waals surface area contributed by atoms with Crippen molar-refractivity contribution in [3.8, 4) is 0 Å². The zero-order chi connectivity index (χ0) is 21.4. The Kier molecular flexibility index (Phi) is 8.32. The first kappa shape index (κ1) is 22.8. The van der Waals surface area contributed by atoms with Crippen LogP contribution in [0.25, 0.3) is 0 Å². The molecule has 0 spiro atoms. The third kappa shape index (κ3) is 6.57. The van der Waals surface area contributed by atoms with E-state index in [0.717, 1.165) is 17.9 Å². The Morgan fingerprint density at radius 3 is 2.33 bits per heavy atom. The lowest BCUT2D eigenvalue weighted by atomic mass is 10.2. The quantitative estimate of drug-likeness (QED) is 0.639. The highest BCUT2D eigenvalue weighted by molar-refractivity contribution is 7.99. The van der Waals surface area contributed by atoms with E-state index in [0.29, 0.717) is 43.4 Å². The van der Waals surface area contributed by atoms with Crippen molar-refractivity contribution in [2.24, 2.45) is 0 Å². The highest BCUT2D eigenvalue weighted by Crippen LogP contribution is 2.18. The normalized spacial score (nSPS) is 15.8. The smallest absolute Gasteiger partial charge is 0.243 e. The lowest BCUT2D eigenvalue weighted by molar-refractivity contribution is -0.118. The minimum atomic E-state index is -3.44. The first-order chi connectivity index (χ1) is 14.4. The number of aryl methyl sites for hydroxylation is 1. The summed E-state index contributed by atoms with van der Waals surface area (Å²) in [6, 6.07) is 17.1. The number of nitrogens with one attached hydrogen (secondary N) is 1. The fraction of sp³-hybridized carbons (Fsp3) is 0.409. The van der Waals surface area contributed by atoms with Crippen LogP contribution in [0.4, 0.5) is 0 Å². The van der Waals surface area contributed by atoms with Crippen molar-refractivity contribution in [3.63, 3.8) is 0 Å². The molecule has 0 atom stereocenters. The van der Waals surface area contributed by atoms with Crippen molar-refractivity contribution < 1.29 is 13.2 Å². The van der Waals surface area contributed by atoms with E-state index in [1.165, 1.54) is 5.56 Å². The molecule has 0 aromatic heterocycles. The number of hydrogen-bond donors (Lipinski definition) is 1. The average Bonchev–Trinajstić information content (AvgIpc) is 2.75. The third-order valence-electron chi connectivity index (χ3n) is 5.08. The van der Waals surface area contributed by atoms with Crippen LogP contribution in [0.2, 0.25) is 0 Å². The van der Waals surface area contributed by atoms with Crippen LogP contribution in [0.15, 0.2) is 59.5 Å². The van der Waals surface area contributed by atoms with Gasteiger partial charge in [-0.3, -0.25) is 9.69 Å². The van der Waals surface area contributed by atoms with E-state index >= 15 is 0 Å². The van der Waals surface area contributed by atoms with Gasteiger partial charge in [-0.15, -0.1) is 11.8 Å². The molecule has 1 aliphatic rings.